The minimum absolute atomic E-state index is 0.215. The summed E-state index contributed by atoms with van der Waals surface area (Å²) in [6.07, 6.45) is 0. The summed E-state index contributed by atoms with van der Waals surface area (Å²) in [7, 11) is -5.85. The SMILES string of the molecule is O=S(=O)(Oc1ccc(-c2ccc(-c3nc(-c4ccccc4)nc(-c4cccc5oc6ccccc6c45)n3)cc2)c2ccccc12)C(F)(F)F. The summed E-state index contributed by atoms with van der Waals surface area (Å²) >= 11 is 0. The quantitative estimate of drug-likeness (QED) is 0.128. The van der Waals surface area contributed by atoms with Crippen molar-refractivity contribution >= 4 is 42.8 Å². The second-order valence-corrected chi connectivity index (χ2v) is 12.7. The number of benzene rings is 6. The first-order valence-electron chi connectivity index (χ1n) is 15.0. The number of rotatable bonds is 6. The molecule has 11 heteroatoms. The van der Waals surface area contributed by atoms with Crippen molar-refractivity contribution in [1.29, 1.82) is 0 Å². The van der Waals surface area contributed by atoms with Crippen LogP contribution in [0, 0.1) is 0 Å². The van der Waals surface area contributed by atoms with Crippen LogP contribution in [0.25, 0.3) is 78.0 Å². The molecule has 240 valence electrons. The topological polar surface area (TPSA) is 95.2 Å². The average Bonchev–Trinajstić information content (AvgIpc) is 3.51. The summed E-state index contributed by atoms with van der Waals surface area (Å²) in [5, 5.41) is 2.57. The average molecular weight is 674 g/mol. The van der Waals surface area contributed by atoms with E-state index in [0.29, 0.717) is 39.6 Å². The second-order valence-electron chi connectivity index (χ2n) is 11.2. The Balaban J connectivity index is 1.23. The lowest BCUT2D eigenvalue weighted by Crippen LogP contribution is -2.28. The van der Waals surface area contributed by atoms with Gasteiger partial charge < -0.3 is 8.60 Å². The smallest absolute Gasteiger partial charge is 0.456 e. The first-order valence-corrected chi connectivity index (χ1v) is 16.4. The molecule has 0 bridgehead atoms. The Labute approximate surface area is 277 Å². The van der Waals surface area contributed by atoms with Crippen molar-refractivity contribution in [3.63, 3.8) is 0 Å². The van der Waals surface area contributed by atoms with Crippen molar-refractivity contribution in [3.05, 3.63) is 133 Å². The van der Waals surface area contributed by atoms with Crippen molar-refractivity contribution < 1.29 is 30.2 Å². The standard InChI is InChI=1S/C38H22F3N3O4S/c39-38(40,41)49(45,46)48-32-22-21-26(27-11-4-5-12-28(27)32)23-17-19-25(20-18-23)36-42-35(24-9-2-1-3-10-24)43-37(44-36)30-14-8-16-33-34(30)29-13-6-7-15-31(29)47-33/h1-22H. The highest BCUT2D eigenvalue weighted by Gasteiger charge is 2.48. The molecule has 2 aromatic heterocycles. The van der Waals surface area contributed by atoms with E-state index in [2.05, 4.69) is 4.18 Å². The molecular formula is C38H22F3N3O4S. The van der Waals surface area contributed by atoms with E-state index in [1.807, 2.05) is 97.1 Å². The van der Waals surface area contributed by atoms with Gasteiger partial charge in [-0.25, -0.2) is 15.0 Å². The van der Waals surface area contributed by atoms with E-state index in [-0.39, 0.29) is 5.39 Å². The molecule has 0 N–H and O–H groups in total. The van der Waals surface area contributed by atoms with E-state index in [9.17, 15) is 21.6 Å². The van der Waals surface area contributed by atoms with Gasteiger partial charge in [0.15, 0.2) is 23.2 Å². The maximum atomic E-state index is 13.1. The number of hydrogen-bond donors (Lipinski definition) is 0. The molecule has 6 aromatic carbocycles. The number of aromatic nitrogens is 3. The number of halogens is 3. The van der Waals surface area contributed by atoms with Gasteiger partial charge in [-0.05, 0) is 40.8 Å². The van der Waals surface area contributed by atoms with Crippen LogP contribution in [0.2, 0.25) is 0 Å². The van der Waals surface area contributed by atoms with Gasteiger partial charge in [-0.3, -0.25) is 0 Å². The fourth-order valence-corrected chi connectivity index (χ4v) is 6.34. The molecular weight excluding hydrogens is 651 g/mol. The predicted molar refractivity (Wildman–Crippen MR) is 182 cm³/mol. The summed E-state index contributed by atoms with van der Waals surface area (Å²) < 4.78 is 73.4. The highest BCUT2D eigenvalue weighted by Crippen LogP contribution is 2.39. The number of nitrogens with zero attached hydrogens (tertiary/aromatic N) is 3. The number of para-hydroxylation sites is 1. The third kappa shape index (κ3) is 5.43. The van der Waals surface area contributed by atoms with Gasteiger partial charge in [-0.1, -0.05) is 109 Å². The number of furan rings is 1. The van der Waals surface area contributed by atoms with Gasteiger partial charge in [0.25, 0.3) is 0 Å². The van der Waals surface area contributed by atoms with Crippen LogP contribution in [0.3, 0.4) is 0 Å². The Kier molecular flexibility index (Phi) is 7.15. The number of alkyl halides is 3. The molecule has 7 nitrogen and oxygen atoms in total. The molecule has 0 aliphatic heterocycles. The van der Waals surface area contributed by atoms with Crippen LogP contribution in [0.4, 0.5) is 13.2 Å². The molecule has 0 aliphatic rings. The molecule has 0 saturated heterocycles. The predicted octanol–water partition coefficient (Wildman–Crippen LogP) is 9.82. The van der Waals surface area contributed by atoms with Crippen molar-refractivity contribution in [2.75, 3.05) is 0 Å². The zero-order chi connectivity index (χ0) is 33.8. The lowest BCUT2D eigenvalue weighted by Gasteiger charge is -2.14. The summed E-state index contributed by atoms with van der Waals surface area (Å²) in [4.78, 5) is 14.7. The Morgan fingerprint density at radius 3 is 1.80 bits per heavy atom. The second kappa shape index (κ2) is 11.6. The van der Waals surface area contributed by atoms with Gasteiger partial charge in [0.05, 0.1) is 0 Å². The molecule has 0 saturated carbocycles. The first kappa shape index (κ1) is 30.3. The summed E-state index contributed by atoms with van der Waals surface area (Å²) in [5.41, 5.74) is -0.379. The molecule has 0 atom stereocenters. The van der Waals surface area contributed by atoms with Gasteiger partial charge in [0.1, 0.15) is 11.2 Å². The van der Waals surface area contributed by atoms with Gasteiger partial charge >= 0.3 is 15.6 Å². The van der Waals surface area contributed by atoms with E-state index < -0.39 is 21.4 Å². The monoisotopic (exact) mass is 673 g/mol. The highest BCUT2D eigenvalue weighted by molar-refractivity contribution is 7.88. The fraction of sp³-hybridized carbons (Fsp3) is 0.0263. The van der Waals surface area contributed by atoms with Gasteiger partial charge in [0, 0.05) is 32.8 Å². The Hall–Kier alpha value is -6.07. The van der Waals surface area contributed by atoms with Crippen LogP contribution in [0.5, 0.6) is 5.75 Å². The normalized spacial score (nSPS) is 12.1. The maximum Gasteiger partial charge on any atom is 0.534 e. The van der Waals surface area contributed by atoms with Crippen LogP contribution >= 0.6 is 0 Å². The third-order valence-electron chi connectivity index (χ3n) is 8.13. The minimum Gasteiger partial charge on any atom is -0.456 e. The van der Waals surface area contributed by atoms with Crippen molar-refractivity contribution in [2.24, 2.45) is 0 Å². The zero-order valence-corrected chi connectivity index (χ0v) is 26.0. The van der Waals surface area contributed by atoms with E-state index >= 15 is 0 Å². The largest absolute Gasteiger partial charge is 0.534 e. The first-order chi connectivity index (χ1) is 23.7. The number of fused-ring (bicyclic) bond motifs is 4. The molecule has 0 aliphatic carbocycles. The summed E-state index contributed by atoms with van der Waals surface area (Å²) in [5.74, 6) is 0.983. The Bertz CT molecular complexity index is 2640. The van der Waals surface area contributed by atoms with E-state index in [1.165, 1.54) is 18.2 Å². The summed E-state index contributed by atoms with van der Waals surface area (Å²) in [6.45, 7) is 0. The number of hydrogen-bond acceptors (Lipinski definition) is 7. The van der Waals surface area contributed by atoms with E-state index in [1.54, 1.807) is 18.2 Å². The van der Waals surface area contributed by atoms with Crippen molar-refractivity contribution in [2.45, 2.75) is 5.51 Å². The molecule has 0 spiro atoms. The van der Waals surface area contributed by atoms with E-state index in [0.717, 1.165) is 33.0 Å². The summed E-state index contributed by atoms with van der Waals surface area (Å²) in [6, 6.07) is 39.8. The Morgan fingerprint density at radius 1 is 0.510 bits per heavy atom. The fourth-order valence-electron chi connectivity index (χ4n) is 5.86. The lowest BCUT2D eigenvalue weighted by atomic mass is 9.97. The van der Waals surface area contributed by atoms with Crippen LogP contribution in [0.1, 0.15) is 0 Å². The van der Waals surface area contributed by atoms with Crippen molar-refractivity contribution in [3.8, 4) is 51.0 Å². The molecule has 8 aromatic rings. The Morgan fingerprint density at radius 2 is 1.08 bits per heavy atom. The van der Waals surface area contributed by atoms with Crippen LogP contribution < -0.4 is 4.18 Å². The van der Waals surface area contributed by atoms with Gasteiger partial charge in [0.2, 0.25) is 0 Å². The van der Waals surface area contributed by atoms with Gasteiger partial charge in [-0.2, -0.15) is 21.6 Å². The molecule has 2 heterocycles. The van der Waals surface area contributed by atoms with Crippen LogP contribution in [0.15, 0.2) is 138 Å². The molecule has 49 heavy (non-hydrogen) atoms. The van der Waals surface area contributed by atoms with Crippen LogP contribution in [-0.2, 0) is 10.1 Å². The molecule has 0 unspecified atom stereocenters. The van der Waals surface area contributed by atoms with Gasteiger partial charge in [-0.15, -0.1) is 0 Å². The van der Waals surface area contributed by atoms with Crippen LogP contribution in [-0.4, -0.2) is 28.9 Å². The highest BCUT2D eigenvalue weighted by atomic mass is 32.2. The van der Waals surface area contributed by atoms with Crippen molar-refractivity contribution in [1.82, 2.24) is 15.0 Å². The zero-order valence-electron chi connectivity index (χ0n) is 25.2. The molecule has 0 fully saturated rings. The van der Waals surface area contributed by atoms with E-state index in [4.69, 9.17) is 19.4 Å². The third-order valence-corrected chi connectivity index (χ3v) is 9.10. The minimum atomic E-state index is -5.85. The maximum absolute atomic E-state index is 13.1. The molecule has 0 amide bonds. The molecule has 8 rings (SSSR count). The molecule has 0 radical (unpaired) electrons. The lowest BCUT2D eigenvalue weighted by molar-refractivity contribution is -0.0499.